The van der Waals surface area contributed by atoms with Crippen molar-refractivity contribution in [3.63, 3.8) is 0 Å². The Morgan fingerprint density at radius 2 is 1.93 bits per heavy atom. The van der Waals surface area contributed by atoms with Crippen molar-refractivity contribution in [2.45, 2.75) is 4.84 Å². The van der Waals surface area contributed by atoms with Crippen LogP contribution in [0.2, 0.25) is 0 Å². The summed E-state index contributed by atoms with van der Waals surface area (Å²) in [5.74, 6) is -0.328. The van der Waals surface area contributed by atoms with Crippen LogP contribution in [0.4, 0.5) is 5.69 Å². The lowest BCUT2D eigenvalue weighted by Crippen LogP contribution is -2.07. The van der Waals surface area contributed by atoms with Gasteiger partial charge in [0.1, 0.15) is 0 Å². The molecule has 1 aromatic rings. The van der Waals surface area contributed by atoms with Gasteiger partial charge in [0.2, 0.25) is 0 Å². The minimum Gasteiger partial charge on any atom is -0.291 e. The van der Waals surface area contributed by atoms with Crippen LogP contribution in [0.1, 0.15) is 10.4 Å². The average Bonchev–Trinajstić information content (AvgIpc) is 2.18. The normalized spacial score (nSPS) is 9.64. The number of ketones is 1. The zero-order chi connectivity index (χ0) is 10.6. The molecule has 0 aliphatic rings. The molecule has 0 aromatic heterocycles. The molecular formula is C9H5Cl2NOS. The van der Waals surface area contributed by atoms with Gasteiger partial charge in [0.15, 0.2) is 10.6 Å². The molecular weight excluding hydrogens is 241 g/mol. The molecule has 0 spiro atoms. The zero-order valence-corrected chi connectivity index (χ0v) is 9.23. The van der Waals surface area contributed by atoms with E-state index in [0.717, 1.165) is 0 Å². The van der Waals surface area contributed by atoms with Gasteiger partial charge in [0.25, 0.3) is 0 Å². The third kappa shape index (κ3) is 2.89. The van der Waals surface area contributed by atoms with Crippen molar-refractivity contribution in [1.29, 1.82) is 0 Å². The van der Waals surface area contributed by atoms with Crippen LogP contribution in [0.3, 0.4) is 0 Å². The Kier molecular flexibility index (Phi) is 4.23. The molecule has 0 aliphatic carbocycles. The van der Waals surface area contributed by atoms with E-state index in [9.17, 15) is 4.79 Å². The number of alkyl halides is 2. The lowest BCUT2D eigenvalue weighted by Gasteiger charge is -2.00. The molecule has 0 radical (unpaired) electrons. The number of aliphatic imine (C=N–C) groups is 1. The Hall–Kier alpha value is -0.730. The molecule has 5 heteroatoms. The van der Waals surface area contributed by atoms with Gasteiger partial charge in [-0.3, -0.25) is 4.79 Å². The van der Waals surface area contributed by atoms with E-state index in [2.05, 4.69) is 22.4 Å². The fourth-order valence-electron chi connectivity index (χ4n) is 0.879. The minimum absolute atomic E-state index is 0.328. The average molecular weight is 246 g/mol. The molecule has 0 heterocycles. The minimum atomic E-state index is -1.03. The van der Waals surface area contributed by atoms with E-state index in [4.69, 9.17) is 23.2 Å². The van der Waals surface area contributed by atoms with Crippen LogP contribution >= 0.6 is 35.4 Å². The van der Waals surface area contributed by atoms with E-state index in [1.807, 2.05) is 0 Å². The maximum Gasteiger partial charge on any atom is 0.195 e. The summed E-state index contributed by atoms with van der Waals surface area (Å²) >= 11 is 15.3. The number of nitrogens with zero attached hydrogens (tertiary/aromatic N) is 1. The van der Waals surface area contributed by atoms with Crippen molar-refractivity contribution in [1.82, 2.24) is 0 Å². The maximum atomic E-state index is 11.3. The monoisotopic (exact) mass is 245 g/mol. The second-order valence-corrected chi connectivity index (χ2v) is 3.69. The highest BCUT2D eigenvalue weighted by atomic mass is 35.5. The van der Waals surface area contributed by atoms with Crippen LogP contribution in [-0.4, -0.2) is 15.8 Å². The predicted molar refractivity (Wildman–Crippen MR) is 61.0 cm³/mol. The molecule has 0 saturated carbocycles. The standard InChI is InChI=1S/C9H5Cl2NOS/c10-9(11)8(13)6-1-3-7(4-2-6)12-5-14/h1-4,9H. The summed E-state index contributed by atoms with van der Waals surface area (Å²) in [6.45, 7) is 0. The number of carbonyl (C=O) groups is 1. The summed E-state index contributed by atoms with van der Waals surface area (Å²) in [4.78, 5) is 14.0. The maximum absolute atomic E-state index is 11.3. The van der Waals surface area contributed by atoms with Gasteiger partial charge in [-0.15, -0.1) is 0 Å². The number of thiocarbonyl (C=S) groups is 1. The first-order valence-corrected chi connectivity index (χ1v) is 4.93. The fraction of sp³-hybridized carbons (Fsp3) is 0.111. The van der Waals surface area contributed by atoms with E-state index in [1.165, 1.54) is 0 Å². The van der Waals surface area contributed by atoms with Crippen LogP contribution in [-0.2, 0) is 0 Å². The van der Waals surface area contributed by atoms with Crippen molar-refractivity contribution < 1.29 is 4.79 Å². The van der Waals surface area contributed by atoms with E-state index in [-0.39, 0.29) is 5.78 Å². The van der Waals surface area contributed by atoms with Gasteiger partial charge < -0.3 is 0 Å². The molecule has 0 fully saturated rings. The van der Waals surface area contributed by atoms with E-state index < -0.39 is 4.84 Å². The molecule has 72 valence electrons. The molecule has 1 aromatic carbocycles. The summed E-state index contributed by atoms with van der Waals surface area (Å²) in [5, 5.41) is 2.23. The zero-order valence-electron chi connectivity index (χ0n) is 6.91. The first-order valence-electron chi connectivity index (χ1n) is 3.65. The second kappa shape index (κ2) is 5.23. The first-order chi connectivity index (χ1) is 6.65. The third-order valence-electron chi connectivity index (χ3n) is 1.52. The summed E-state index contributed by atoms with van der Waals surface area (Å²) < 4.78 is 0. The van der Waals surface area contributed by atoms with Gasteiger partial charge in [-0.25, -0.2) is 0 Å². The highest BCUT2D eigenvalue weighted by Crippen LogP contribution is 2.16. The molecule has 0 amide bonds. The molecule has 0 bridgehead atoms. The van der Waals surface area contributed by atoms with Crippen molar-refractivity contribution in [3.8, 4) is 0 Å². The molecule has 14 heavy (non-hydrogen) atoms. The van der Waals surface area contributed by atoms with Crippen LogP contribution in [0.25, 0.3) is 0 Å². The lowest BCUT2D eigenvalue weighted by molar-refractivity contribution is 0.101. The first kappa shape index (κ1) is 11.3. The van der Waals surface area contributed by atoms with Gasteiger partial charge in [-0.2, -0.15) is 4.99 Å². The third-order valence-corrected chi connectivity index (χ3v) is 2.01. The van der Waals surface area contributed by atoms with E-state index >= 15 is 0 Å². The van der Waals surface area contributed by atoms with Crippen LogP contribution < -0.4 is 0 Å². The van der Waals surface area contributed by atoms with E-state index in [0.29, 0.717) is 11.3 Å². The number of hydrogen-bond acceptors (Lipinski definition) is 3. The van der Waals surface area contributed by atoms with Gasteiger partial charge in [0.05, 0.1) is 10.8 Å². The summed E-state index contributed by atoms with van der Waals surface area (Å²) in [6.07, 6.45) is 0. The Balaban J connectivity index is 2.93. The molecule has 0 atom stereocenters. The molecule has 2 nitrogen and oxygen atoms in total. The number of rotatable bonds is 3. The molecule has 0 unspecified atom stereocenters. The van der Waals surface area contributed by atoms with Gasteiger partial charge in [-0.05, 0) is 36.5 Å². The lowest BCUT2D eigenvalue weighted by atomic mass is 10.1. The molecule has 1 rings (SSSR count). The SMILES string of the molecule is O=C(c1ccc(N=C=S)cc1)C(Cl)Cl. The number of Topliss-reactive ketones (excluding diaryl/α,β-unsaturated/α-hetero) is 1. The predicted octanol–water partition coefficient (Wildman–Crippen LogP) is 3.41. The molecule has 0 aliphatic heterocycles. The molecule has 0 N–H and O–H groups in total. The van der Waals surface area contributed by atoms with Crippen molar-refractivity contribution in [3.05, 3.63) is 29.8 Å². The van der Waals surface area contributed by atoms with Crippen molar-refractivity contribution >= 4 is 52.1 Å². The van der Waals surface area contributed by atoms with Crippen LogP contribution in [0, 0.1) is 0 Å². The summed E-state index contributed by atoms with van der Waals surface area (Å²) in [7, 11) is 0. The van der Waals surface area contributed by atoms with Crippen LogP contribution in [0.5, 0.6) is 0 Å². The number of carbonyl (C=O) groups excluding carboxylic acids is 1. The number of hydrogen-bond donors (Lipinski definition) is 0. The summed E-state index contributed by atoms with van der Waals surface area (Å²) in [6, 6.07) is 6.46. The Bertz CT molecular complexity index is 382. The topological polar surface area (TPSA) is 29.4 Å². The van der Waals surface area contributed by atoms with E-state index in [1.54, 1.807) is 24.3 Å². The van der Waals surface area contributed by atoms with Crippen molar-refractivity contribution in [2.24, 2.45) is 4.99 Å². The number of isothiocyanates is 1. The quantitative estimate of drug-likeness (QED) is 0.354. The van der Waals surface area contributed by atoms with Gasteiger partial charge >= 0.3 is 0 Å². The number of benzene rings is 1. The highest BCUT2D eigenvalue weighted by Gasteiger charge is 2.13. The largest absolute Gasteiger partial charge is 0.291 e. The van der Waals surface area contributed by atoms with Gasteiger partial charge in [0, 0.05) is 5.56 Å². The Labute approximate surface area is 96.5 Å². The second-order valence-electron chi connectivity index (χ2n) is 2.41. The fourth-order valence-corrected chi connectivity index (χ4v) is 1.24. The smallest absolute Gasteiger partial charge is 0.195 e. The van der Waals surface area contributed by atoms with Crippen LogP contribution in [0.15, 0.2) is 29.3 Å². The van der Waals surface area contributed by atoms with Crippen molar-refractivity contribution in [2.75, 3.05) is 0 Å². The Morgan fingerprint density at radius 3 is 2.36 bits per heavy atom. The number of halogens is 2. The highest BCUT2D eigenvalue weighted by molar-refractivity contribution is 7.78. The summed E-state index contributed by atoms with van der Waals surface area (Å²) in [5.41, 5.74) is 1.08. The van der Waals surface area contributed by atoms with Gasteiger partial charge in [-0.1, -0.05) is 23.2 Å². The molecule has 0 saturated heterocycles. The Morgan fingerprint density at radius 1 is 1.36 bits per heavy atom.